The number of rotatable bonds is 10. The summed E-state index contributed by atoms with van der Waals surface area (Å²) in [4.78, 5) is 0. The molecule has 0 atom stereocenters. The lowest BCUT2D eigenvalue weighted by Crippen LogP contribution is -2.10. The standard InChI is InChI=1S/C19H25NO3/c1-3-22-14-15-23-19-7-5-4-6-18(19)20-13-12-16-8-10-17(21-2)11-9-16/h4-11,20H,3,12-15H2,1-2H3. The van der Waals surface area contributed by atoms with E-state index in [0.29, 0.717) is 19.8 Å². The molecule has 0 saturated carbocycles. The van der Waals surface area contributed by atoms with Gasteiger partial charge in [0.2, 0.25) is 0 Å². The fourth-order valence-electron chi connectivity index (χ4n) is 2.23. The fraction of sp³-hybridized carbons (Fsp3) is 0.368. The van der Waals surface area contributed by atoms with Crippen molar-refractivity contribution in [2.75, 3.05) is 38.8 Å². The monoisotopic (exact) mass is 315 g/mol. The molecule has 0 unspecified atom stereocenters. The highest BCUT2D eigenvalue weighted by molar-refractivity contribution is 5.56. The van der Waals surface area contributed by atoms with Crippen LogP contribution in [0.15, 0.2) is 48.5 Å². The van der Waals surface area contributed by atoms with Crippen molar-refractivity contribution in [1.82, 2.24) is 0 Å². The van der Waals surface area contributed by atoms with Gasteiger partial charge >= 0.3 is 0 Å². The van der Waals surface area contributed by atoms with Gasteiger partial charge in [0.05, 0.1) is 19.4 Å². The Hall–Kier alpha value is -2.20. The van der Waals surface area contributed by atoms with E-state index in [4.69, 9.17) is 14.2 Å². The third-order valence-corrected chi connectivity index (χ3v) is 3.46. The number of anilines is 1. The number of benzene rings is 2. The normalized spacial score (nSPS) is 10.3. The highest BCUT2D eigenvalue weighted by atomic mass is 16.5. The zero-order valence-corrected chi connectivity index (χ0v) is 13.9. The van der Waals surface area contributed by atoms with Crippen LogP contribution in [0.3, 0.4) is 0 Å². The zero-order valence-electron chi connectivity index (χ0n) is 13.9. The minimum Gasteiger partial charge on any atom is -0.497 e. The molecule has 0 fully saturated rings. The number of hydrogen-bond acceptors (Lipinski definition) is 4. The largest absolute Gasteiger partial charge is 0.497 e. The molecule has 0 bridgehead atoms. The van der Waals surface area contributed by atoms with Gasteiger partial charge in [-0.15, -0.1) is 0 Å². The molecule has 0 aliphatic rings. The predicted octanol–water partition coefficient (Wildman–Crippen LogP) is 3.77. The maximum Gasteiger partial charge on any atom is 0.142 e. The Morgan fingerprint density at radius 1 is 0.957 bits per heavy atom. The maximum atomic E-state index is 5.77. The summed E-state index contributed by atoms with van der Waals surface area (Å²) in [6.45, 7) is 4.71. The van der Waals surface area contributed by atoms with Crippen molar-refractivity contribution in [3.8, 4) is 11.5 Å². The van der Waals surface area contributed by atoms with Crippen LogP contribution < -0.4 is 14.8 Å². The van der Waals surface area contributed by atoms with Gasteiger partial charge in [-0.3, -0.25) is 0 Å². The molecule has 4 heteroatoms. The summed E-state index contributed by atoms with van der Waals surface area (Å²) in [5, 5.41) is 3.43. The number of ether oxygens (including phenoxy) is 3. The third kappa shape index (κ3) is 5.83. The van der Waals surface area contributed by atoms with Crippen molar-refractivity contribution < 1.29 is 14.2 Å². The maximum absolute atomic E-state index is 5.77. The lowest BCUT2D eigenvalue weighted by atomic mass is 10.1. The number of hydrogen-bond donors (Lipinski definition) is 1. The summed E-state index contributed by atoms with van der Waals surface area (Å²) in [6, 6.07) is 16.1. The van der Waals surface area contributed by atoms with Crippen molar-refractivity contribution in [3.05, 3.63) is 54.1 Å². The van der Waals surface area contributed by atoms with Crippen molar-refractivity contribution in [2.45, 2.75) is 13.3 Å². The van der Waals surface area contributed by atoms with Crippen molar-refractivity contribution in [1.29, 1.82) is 0 Å². The summed E-state index contributed by atoms with van der Waals surface area (Å²) in [5.41, 5.74) is 2.28. The van der Waals surface area contributed by atoms with E-state index in [1.807, 2.05) is 43.3 Å². The van der Waals surface area contributed by atoms with Crippen molar-refractivity contribution in [3.63, 3.8) is 0 Å². The average molecular weight is 315 g/mol. The fourth-order valence-corrected chi connectivity index (χ4v) is 2.23. The van der Waals surface area contributed by atoms with E-state index < -0.39 is 0 Å². The molecular formula is C19H25NO3. The Balaban J connectivity index is 1.82. The van der Waals surface area contributed by atoms with Gasteiger partial charge in [-0.05, 0) is 43.2 Å². The van der Waals surface area contributed by atoms with Gasteiger partial charge in [0.25, 0.3) is 0 Å². The van der Waals surface area contributed by atoms with Gasteiger partial charge in [-0.1, -0.05) is 24.3 Å². The molecule has 2 aromatic carbocycles. The van der Waals surface area contributed by atoms with Gasteiger partial charge in [-0.25, -0.2) is 0 Å². The summed E-state index contributed by atoms with van der Waals surface area (Å²) in [7, 11) is 1.68. The first kappa shape index (κ1) is 17.2. The topological polar surface area (TPSA) is 39.7 Å². The van der Waals surface area contributed by atoms with E-state index in [9.17, 15) is 0 Å². The van der Waals surface area contributed by atoms with E-state index in [1.165, 1.54) is 5.56 Å². The minimum atomic E-state index is 0.561. The van der Waals surface area contributed by atoms with Crippen LogP contribution in [0.25, 0.3) is 0 Å². The Morgan fingerprint density at radius 2 is 1.74 bits per heavy atom. The Bertz CT molecular complexity index is 569. The molecule has 0 heterocycles. The van der Waals surface area contributed by atoms with Gasteiger partial charge in [0.1, 0.15) is 18.1 Å². The summed E-state index contributed by atoms with van der Waals surface area (Å²) >= 11 is 0. The van der Waals surface area contributed by atoms with E-state index in [0.717, 1.165) is 30.2 Å². The van der Waals surface area contributed by atoms with E-state index in [-0.39, 0.29) is 0 Å². The second-order valence-electron chi connectivity index (χ2n) is 5.07. The molecule has 4 nitrogen and oxygen atoms in total. The molecule has 0 spiro atoms. The molecule has 0 aromatic heterocycles. The number of para-hydroxylation sites is 2. The summed E-state index contributed by atoms with van der Waals surface area (Å²) in [5.74, 6) is 1.75. The average Bonchev–Trinajstić information content (AvgIpc) is 2.60. The quantitative estimate of drug-likeness (QED) is 0.678. The molecule has 1 N–H and O–H groups in total. The van der Waals surface area contributed by atoms with E-state index in [2.05, 4.69) is 17.4 Å². The number of nitrogens with one attached hydrogen (secondary N) is 1. The molecule has 0 saturated heterocycles. The van der Waals surface area contributed by atoms with E-state index >= 15 is 0 Å². The first-order chi connectivity index (χ1) is 11.3. The summed E-state index contributed by atoms with van der Waals surface area (Å²) < 4.78 is 16.2. The zero-order chi connectivity index (χ0) is 16.3. The Morgan fingerprint density at radius 3 is 2.48 bits per heavy atom. The lowest BCUT2D eigenvalue weighted by molar-refractivity contribution is 0.110. The second kappa shape index (κ2) is 9.74. The van der Waals surface area contributed by atoms with Crippen LogP contribution in [-0.4, -0.2) is 33.5 Å². The van der Waals surface area contributed by atoms with Crippen LogP contribution in [0.1, 0.15) is 12.5 Å². The second-order valence-corrected chi connectivity index (χ2v) is 5.07. The summed E-state index contributed by atoms with van der Waals surface area (Å²) in [6.07, 6.45) is 0.942. The molecule has 124 valence electrons. The first-order valence-corrected chi connectivity index (χ1v) is 8.00. The molecule has 23 heavy (non-hydrogen) atoms. The Kier molecular flexibility index (Phi) is 7.27. The number of methoxy groups -OCH3 is 1. The Labute approximate surface area is 138 Å². The van der Waals surface area contributed by atoms with Crippen molar-refractivity contribution >= 4 is 5.69 Å². The predicted molar refractivity (Wildman–Crippen MR) is 93.6 cm³/mol. The van der Waals surface area contributed by atoms with Crippen LogP contribution in [0.5, 0.6) is 11.5 Å². The third-order valence-electron chi connectivity index (χ3n) is 3.46. The highest BCUT2D eigenvalue weighted by Gasteiger charge is 2.02. The lowest BCUT2D eigenvalue weighted by Gasteiger charge is -2.13. The van der Waals surface area contributed by atoms with Gasteiger partial charge in [0, 0.05) is 13.2 Å². The molecule has 0 radical (unpaired) electrons. The van der Waals surface area contributed by atoms with E-state index in [1.54, 1.807) is 7.11 Å². The molecule has 0 aliphatic carbocycles. The first-order valence-electron chi connectivity index (χ1n) is 8.00. The van der Waals surface area contributed by atoms with Crippen LogP contribution >= 0.6 is 0 Å². The molecule has 2 aromatic rings. The van der Waals surface area contributed by atoms with Crippen LogP contribution in [-0.2, 0) is 11.2 Å². The van der Waals surface area contributed by atoms with Crippen molar-refractivity contribution in [2.24, 2.45) is 0 Å². The van der Waals surface area contributed by atoms with Gasteiger partial charge in [-0.2, -0.15) is 0 Å². The highest BCUT2D eigenvalue weighted by Crippen LogP contribution is 2.23. The smallest absolute Gasteiger partial charge is 0.142 e. The van der Waals surface area contributed by atoms with Gasteiger partial charge < -0.3 is 19.5 Å². The van der Waals surface area contributed by atoms with Crippen LogP contribution in [0, 0.1) is 0 Å². The molecular weight excluding hydrogens is 290 g/mol. The molecule has 0 amide bonds. The van der Waals surface area contributed by atoms with Crippen LogP contribution in [0.2, 0.25) is 0 Å². The van der Waals surface area contributed by atoms with Gasteiger partial charge in [0.15, 0.2) is 0 Å². The SMILES string of the molecule is CCOCCOc1ccccc1NCCc1ccc(OC)cc1. The molecule has 0 aliphatic heterocycles. The minimum absolute atomic E-state index is 0.561. The van der Waals surface area contributed by atoms with Crippen LogP contribution in [0.4, 0.5) is 5.69 Å². The molecule has 2 rings (SSSR count).